The van der Waals surface area contributed by atoms with Gasteiger partial charge in [0.15, 0.2) is 0 Å². The van der Waals surface area contributed by atoms with Crippen LogP contribution in [0.4, 0.5) is 0 Å². The molecule has 18 heavy (non-hydrogen) atoms. The van der Waals surface area contributed by atoms with E-state index in [2.05, 4.69) is 29.6 Å². The topological polar surface area (TPSA) is 38.3 Å². The minimum absolute atomic E-state index is 0.206. The average molecular weight is 306 g/mol. The summed E-state index contributed by atoms with van der Waals surface area (Å²) in [6.07, 6.45) is 2.77. The maximum atomic E-state index is 11.9. The number of nitrogens with one attached hydrogen (secondary N) is 1. The molecule has 1 aromatic carbocycles. The Morgan fingerprint density at radius 1 is 1.39 bits per heavy atom. The molecule has 0 radical (unpaired) electrons. The van der Waals surface area contributed by atoms with E-state index in [1.807, 2.05) is 6.20 Å². The van der Waals surface area contributed by atoms with E-state index in [-0.39, 0.29) is 20.5 Å². The van der Waals surface area contributed by atoms with Crippen molar-refractivity contribution in [2.24, 2.45) is 0 Å². The van der Waals surface area contributed by atoms with Crippen molar-refractivity contribution in [1.82, 2.24) is 5.32 Å². The van der Waals surface area contributed by atoms with E-state index >= 15 is 0 Å². The number of carbonyl (C=O) groups is 1. The van der Waals surface area contributed by atoms with Gasteiger partial charge in [-0.25, -0.2) is 0 Å². The van der Waals surface area contributed by atoms with Gasteiger partial charge >= 0.3 is 111 Å². The molecule has 1 aromatic heterocycles. The van der Waals surface area contributed by atoms with Crippen molar-refractivity contribution < 1.29 is 9.53 Å². The van der Waals surface area contributed by atoms with Gasteiger partial charge in [-0.15, -0.1) is 0 Å². The van der Waals surface area contributed by atoms with E-state index in [0.717, 1.165) is 13.0 Å². The molecule has 2 aromatic rings. The molecule has 4 heteroatoms. The number of methoxy groups -OCH3 is 1. The van der Waals surface area contributed by atoms with Gasteiger partial charge in [0.25, 0.3) is 0 Å². The van der Waals surface area contributed by atoms with E-state index in [9.17, 15) is 4.79 Å². The number of benzene rings is 1. The zero-order valence-electron chi connectivity index (χ0n) is 10.0. The summed E-state index contributed by atoms with van der Waals surface area (Å²) in [6.45, 7) is 0.865. The number of ether oxygens (including phenoxy) is 1. The first kappa shape index (κ1) is 11.6. The van der Waals surface area contributed by atoms with Gasteiger partial charge in [0.2, 0.25) is 0 Å². The van der Waals surface area contributed by atoms with Gasteiger partial charge in [-0.2, -0.15) is 0 Å². The van der Waals surface area contributed by atoms with E-state index in [0.29, 0.717) is 5.57 Å². The summed E-state index contributed by atoms with van der Waals surface area (Å²) in [6, 6.07) is 8.43. The van der Waals surface area contributed by atoms with Crippen LogP contribution >= 0.6 is 0 Å². The van der Waals surface area contributed by atoms with Crippen LogP contribution in [-0.4, -0.2) is 34.1 Å². The van der Waals surface area contributed by atoms with Crippen LogP contribution < -0.4 is 5.32 Å². The normalized spacial score (nSPS) is 14.4. The Hall–Kier alpha value is -1.51. The summed E-state index contributed by atoms with van der Waals surface area (Å²) in [4.78, 5) is 11.9. The fourth-order valence-electron chi connectivity index (χ4n) is 2.26. The molecule has 0 saturated carbocycles. The van der Waals surface area contributed by atoms with Gasteiger partial charge in [0.05, 0.1) is 0 Å². The molecule has 0 aliphatic carbocycles. The third kappa shape index (κ3) is 1.78. The molecule has 3 nitrogen and oxygen atoms in total. The van der Waals surface area contributed by atoms with Crippen molar-refractivity contribution in [3.8, 4) is 0 Å². The zero-order chi connectivity index (χ0) is 12.5. The van der Waals surface area contributed by atoms with Crippen molar-refractivity contribution >= 4 is 35.7 Å². The molecular weight excluding hydrogens is 293 g/mol. The monoisotopic (exact) mass is 307 g/mol. The molecular formula is C14H13NO2Se. The molecule has 0 spiro atoms. The number of rotatable bonds is 1. The van der Waals surface area contributed by atoms with Crippen LogP contribution in [0.2, 0.25) is 0 Å². The molecule has 2 heterocycles. The van der Waals surface area contributed by atoms with Crippen LogP contribution in [0, 0.1) is 0 Å². The average Bonchev–Trinajstić information content (AvgIpc) is 2.64. The first-order chi connectivity index (χ1) is 8.81. The second kappa shape index (κ2) is 4.63. The second-order valence-electron chi connectivity index (χ2n) is 4.16. The fraction of sp³-hybridized carbons (Fsp3) is 0.214. The van der Waals surface area contributed by atoms with Gasteiger partial charge in [-0.1, -0.05) is 0 Å². The van der Waals surface area contributed by atoms with Gasteiger partial charge in [0, 0.05) is 0 Å². The van der Waals surface area contributed by atoms with E-state index in [1.165, 1.54) is 26.8 Å². The van der Waals surface area contributed by atoms with Crippen LogP contribution in [0.25, 0.3) is 15.2 Å². The Morgan fingerprint density at radius 3 is 3.06 bits per heavy atom. The van der Waals surface area contributed by atoms with Crippen molar-refractivity contribution in [2.75, 3.05) is 13.7 Å². The van der Waals surface area contributed by atoms with Crippen LogP contribution in [0.5, 0.6) is 0 Å². The molecule has 0 bridgehead atoms. The summed E-state index contributed by atoms with van der Waals surface area (Å²) >= 11 is 0.206. The van der Waals surface area contributed by atoms with Gasteiger partial charge in [-0.3, -0.25) is 0 Å². The second-order valence-corrected chi connectivity index (χ2v) is 6.37. The van der Waals surface area contributed by atoms with Gasteiger partial charge in [-0.05, 0) is 0 Å². The Kier molecular flexibility index (Phi) is 2.98. The summed E-state index contributed by atoms with van der Waals surface area (Å²) in [7, 11) is 1.43. The van der Waals surface area contributed by atoms with E-state index in [1.54, 1.807) is 0 Å². The predicted molar refractivity (Wildman–Crippen MR) is 72.6 cm³/mol. The zero-order valence-corrected chi connectivity index (χ0v) is 11.7. The molecule has 92 valence electrons. The maximum absolute atomic E-state index is 11.9. The van der Waals surface area contributed by atoms with E-state index in [4.69, 9.17) is 4.74 Å². The molecule has 1 aliphatic rings. The van der Waals surface area contributed by atoms with Crippen molar-refractivity contribution in [3.05, 3.63) is 40.5 Å². The standard InChI is InChI=1S/C14H13NO2Se/c1-17-14(16)11-8-15-7-6-10-9-4-2-3-5-12(9)18-13(10)11/h2-5,8,15H,6-7H2,1H3. The van der Waals surface area contributed by atoms with Crippen molar-refractivity contribution in [2.45, 2.75) is 6.42 Å². The summed E-state index contributed by atoms with van der Waals surface area (Å²) in [5.41, 5.74) is 2.01. The summed E-state index contributed by atoms with van der Waals surface area (Å²) in [5.74, 6) is -0.244. The third-order valence-electron chi connectivity index (χ3n) is 3.11. The van der Waals surface area contributed by atoms with Crippen molar-refractivity contribution in [1.29, 1.82) is 0 Å². The molecule has 0 amide bonds. The Labute approximate surface area is 111 Å². The molecule has 0 atom stereocenters. The Bertz CT molecular complexity index is 642. The van der Waals surface area contributed by atoms with E-state index < -0.39 is 0 Å². The molecule has 0 fully saturated rings. The van der Waals surface area contributed by atoms with Crippen LogP contribution in [0.3, 0.4) is 0 Å². The molecule has 0 unspecified atom stereocenters. The fourth-order valence-corrected chi connectivity index (χ4v) is 4.90. The summed E-state index contributed by atoms with van der Waals surface area (Å²) < 4.78 is 7.43. The SMILES string of the molecule is COC(=O)C1=CNCCc2c1[se]c1ccccc21. The van der Waals surface area contributed by atoms with Gasteiger partial charge in [0.1, 0.15) is 0 Å². The first-order valence-corrected chi connectivity index (χ1v) is 7.55. The Morgan fingerprint density at radius 2 is 2.22 bits per heavy atom. The molecule has 1 N–H and O–H groups in total. The predicted octanol–water partition coefficient (Wildman–Crippen LogP) is 1.56. The quantitative estimate of drug-likeness (QED) is 0.642. The number of esters is 1. The van der Waals surface area contributed by atoms with Gasteiger partial charge < -0.3 is 0 Å². The van der Waals surface area contributed by atoms with Crippen LogP contribution in [0.1, 0.15) is 10.0 Å². The molecule has 0 saturated heterocycles. The minimum atomic E-state index is -0.244. The molecule has 3 rings (SSSR count). The first-order valence-electron chi connectivity index (χ1n) is 5.84. The number of hydrogen-bond donors (Lipinski definition) is 1. The van der Waals surface area contributed by atoms with Crippen LogP contribution in [-0.2, 0) is 16.0 Å². The Balaban J connectivity index is 2.24. The number of fused-ring (bicyclic) bond motifs is 3. The number of hydrogen-bond acceptors (Lipinski definition) is 3. The molecule has 1 aliphatic heterocycles. The number of carbonyl (C=O) groups excluding carboxylic acids is 1. The third-order valence-corrected chi connectivity index (χ3v) is 5.73. The van der Waals surface area contributed by atoms with Crippen LogP contribution in [0.15, 0.2) is 30.5 Å². The summed E-state index contributed by atoms with van der Waals surface area (Å²) in [5, 5.41) is 4.49. The van der Waals surface area contributed by atoms with Crippen molar-refractivity contribution in [3.63, 3.8) is 0 Å².